The summed E-state index contributed by atoms with van der Waals surface area (Å²) < 4.78 is 0. The van der Waals surface area contributed by atoms with Crippen molar-refractivity contribution in [3.8, 4) is 0 Å². The minimum absolute atomic E-state index is 0.350. The van der Waals surface area contributed by atoms with Gasteiger partial charge in [-0.05, 0) is 0 Å². The van der Waals surface area contributed by atoms with E-state index in [2.05, 4.69) is 0 Å². The predicted molar refractivity (Wildman–Crippen MR) is 36.2 cm³/mol. The molecule has 0 fully saturated rings. The van der Waals surface area contributed by atoms with Crippen molar-refractivity contribution in [2.75, 3.05) is 19.8 Å². The van der Waals surface area contributed by atoms with Crippen LogP contribution in [0.3, 0.4) is 0 Å². The van der Waals surface area contributed by atoms with Gasteiger partial charge in [-0.2, -0.15) is 0 Å². The van der Waals surface area contributed by atoms with Crippen LogP contribution in [0, 0.1) is 0 Å². The summed E-state index contributed by atoms with van der Waals surface area (Å²) in [6.07, 6.45) is 0. The fraction of sp³-hybridized carbons (Fsp3) is 1.00. The highest BCUT2D eigenvalue weighted by molar-refractivity contribution is 4.92. The highest BCUT2D eigenvalue weighted by Crippen LogP contribution is 2.01. The Morgan fingerprint density at radius 2 is 1.60 bits per heavy atom. The van der Waals surface area contributed by atoms with E-state index in [-0.39, 0.29) is 6.61 Å². The molecule has 0 saturated heterocycles. The van der Waals surface area contributed by atoms with E-state index in [1.165, 1.54) is 0 Å². The van der Waals surface area contributed by atoms with E-state index < -0.39 is 24.8 Å². The molecule has 0 aromatic rings. The third-order valence-corrected chi connectivity index (χ3v) is 1.52. The van der Waals surface area contributed by atoms with E-state index in [0.717, 1.165) is 0 Å². The maximum absolute atomic E-state index is 8.61. The normalized spacial score (nSPS) is 15.3. The molecular formula is C5H14N2O3. The van der Waals surface area contributed by atoms with Crippen molar-refractivity contribution in [2.45, 2.75) is 11.6 Å². The zero-order chi connectivity index (χ0) is 8.20. The maximum atomic E-state index is 8.61. The number of aliphatic hydroxyl groups excluding tert-OH is 3. The molecule has 0 aliphatic rings. The van der Waals surface area contributed by atoms with E-state index in [1.54, 1.807) is 0 Å². The van der Waals surface area contributed by atoms with Crippen molar-refractivity contribution >= 4 is 0 Å². The monoisotopic (exact) mass is 150 g/mol. The minimum atomic E-state index is -1.27. The molecule has 1 atom stereocenters. The molecule has 10 heavy (non-hydrogen) atoms. The molecule has 5 nitrogen and oxygen atoms in total. The molecule has 5 heteroatoms. The Balaban J connectivity index is 4.02. The van der Waals surface area contributed by atoms with Crippen LogP contribution in [-0.2, 0) is 0 Å². The molecule has 0 aliphatic heterocycles. The Hall–Kier alpha value is -0.200. The van der Waals surface area contributed by atoms with Gasteiger partial charge in [0.15, 0.2) is 0 Å². The van der Waals surface area contributed by atoms with Crippen LogP contribution in [0.2, 0.25) is 0 Å². The first-order valence-electron chi connectivity index (χ1n) is 2.97. The van der Waals surface area contributed by atoms with Crippen LogP contribution in [0.4, 0.5) is 0 Å². The lowest BCUT2D eigenvalue weighted by atomic mass is 9.94. The third-order valence-electron chi connectivity index (χ3n) is 1.52. The van der Waals surface area contributed by atoms with Gasteiger partial charge in [0, 0.05) is 0 Å². The molecule has 0 spiro atoms. The Kier molecular flexibility index (Phi) is 3.77. The van der Waals surface area contributed by atoms with E-state index >= 15 is 0 Å². The Morgan fingerprint density at radius 1 is 1.20 bits per heavy atom. The third kappa shape index (κ3) is 1.89. The van der Waals surface area contributed by atoms with Crippen LogP contribution < -0.4 is 11.5 Å². The van der Waals surface area contributed by atoms with Crippen molar-refractivity contribution in [2.24, 2.45) is 11.5 Å². The first-order chi connectivity index (χ1) is 4.60. The predicted octanol–water partition coefficient (Wildman–Crippen LogP) is -3.01. The molecule has 0 aliphatic carbocycles. The first kappa shape index (κ1) is 9.80. The molecule has 1 unspecified atom stereocenters. The summed E-state index contributed by atoms with van der Waals surface area (Å²) in [5.74, 6) is 0. The second-order valence-electron chi connectivity index (χ2n) is 2.34. The lowest BCUT2D eigenvalue weighted by molar-refractivity contribution is 0.0796. The summed E-state index contributed by atoms with van der Waals surface area (Å²) in [4.78, 5) is 0. The van der Waals surface area contributed by atoms with Crippen LogP contribution in [-0.4, -0.2) is 46.7 Å². The van der Waals surface area contributed by atoms with Gasteiger partial charge in [-0.25, -0.2) is 0 Å². The van der Waals surface area contributed by atoms with Crippen molar-refractivity contribution in [3.63, 3.8) is 0 Å². The summed E-state index contributed by atoms with van der Waals surface area (Å²) in [5.41, 5.74) is 9.37. The average molecular weight is 150 g/mol. The lowest BCUT2D eigenvalue weighted by Crippen LogP contribution is -2.62. The standard InChI is InChI=1S/C5H14N2O3/c6-4(1-8)5(7,2-9)3-10/h4,8-10H,1-3,6-7H2. The van der Waals surface area contributed by atoms with Crippen molar-refractivity contribution in [3.05, 3.63) is 0 Å². The summed E-state index contributed by atoms with van der Waals surface area (Å²) in [5, 5.41) is 25.7. The van der Waals surface area contributed by atoms with Gasteiger partial charge in [-0.1, -0.05) is 0 Å². The SMILES string of the molecule is NC(CO)C(N)(CO)CO. The van der Waals surface area contributed by atoms with Crippen LogP contribution >= 0.6 is 0 Å². The van der Waals surface area contributed by atoms with Gasteiger partial charge in [0.05, 0.1) is 31.4 Å². The molecule has 0 aromatic carbocycles. The topological polar surface area (TPSA) is 113 Å². The number of hydrogen-bond donors (Lipinski definition) is 5. The molecule has 62 valence electrons. The van der Waals surface area contributed by atoms with Gasteiger partial charge in [0.1, 0.15) is 0 Å². The second kappa shape index (κ2) is 3.85. The van der Waals surface area contributed by atoms with Crippen LogP contribution in [0.5, 0.6) is 0 Å². The zero-order valence-corrected chi connectivity index (χ0v) is 5.70. The molecule has 0 radical (unpaired) electrons. The molecule has 0 aromatic heterocycles. The summed E-state index contributed by atoms with van der Waals surface area (Å²) in [6.45, 7) is -1.23. The largest absolute Gasteiger partial charge is 0.395 e. The zero-order valence-electron chi connectivity index (χ0n) is 5.70. The highest BCUT2D eigenvalue weighted by Gasteiger charge is 2.30. The van der Waals surface area contributed by atoms with Crippen molar-refractivity contribution < 1.29 is 15.3 Å². The fourth-order valence-corrected chi connectivity index (χ4v) is 0.466. The van der Waals surface area contributed by atoms with Gasteiger partial charge in [0.25, 0.3) is 0 Å². The van der Waals surface area contributed by atoms with Gasteiger partial charge in [-0.15, -0.1) is 0 Å². The summed E-state index contributed by atoms with van der Waals surface area (Å²) >= 11 is 0. The van der Waals surface area contributed by atoms with Gasteiger partial charge in [-0.3, -0.25) is 0 Å². The van der Waals surface area contributed by atoms with Gasteiger partial charge >= 0.3 is 0 Å². The van der Waals surface area contributed by atoms with Gasteiger partial charge < -0.3 is 26.8 Å². The minimum Gasteiger partial charge on any atom is -0.395 e. The van der Waals surface area contributed by atoms with E-state index in [1.807, 2.05) is 0 Å². The molecule has 0 saturated carbocycles. The van der Waals surface area contributed by atoms with E-state index in [9.17, 15) is 0 Å². The van der Waals surface area contributed by atoms with Crippen molar-refractivity contribution in [1.82, 2.24) is 0 Å². The molecular weight excluding hydrogens is 136 g/mol. The van der Waals surface area contributed by atoms with Crippen LogP contribution in [0.1, 0.15) is 0 Å². The van der Waals surface area contributed by atoms with Crippen LogP contribution in [0.25, 0.3) is 0 Å². The van der Waals surface area contributed by atoms with E-state index in [4.69, 9.17) is 26.8 Å². The Bertz CT molecular complexity index is 94.9. The molecule has 0 heterocycles. The number of hydrogen-bond acceptors (Lipinski definition) is 5. The Morgan fingerprint density at radius 3 is 1.70 bits per heavy atom. The lowest BCUT2D eigenvalue weighted by Gasteiger charge is -2.29. The molecule has 0 rings (SSSR count). The summed E-state index contributed by atoms with van der Waals surface area (Å²) in [6, 6.07) is -0.789. The quantitative estimate of drug-likeness (QED) is 0.293. The maximum Gasteiger partial charge on any atom is 0.0798 e. The Labute approximate surface area is 59.3 Å². The van der Waals surface area contributed by atoms with E-state index in [0.29, 0.717) is 0 Å². The average Bonchev–Trinajstić information content (AvgIpc) is 2.01. The van der Waals surface area contributed by atoms with Gasteiger partial charge in [0.2, 0.25) is 0 Å². The summed E-state index contributed by atoms with van der Waals surface area (Å²) in [7, 11) is 0. The molecule has 0 bridgehead atoms. The first-order valence-corrected chi connectivity index (χ1v) is 2.97. The molecule has 0 amide bonds. The number of aliphatic hydroxyl groups is 3. The van der Waals surface area contributed by atoms with Crippen LogP contribution in [0.15, 0.2) is 0 Å². The fourth-order valence-electron chi connectivity index (χ4n) is 0.466. The van der Waals surface area contributed by atoms with Crippen molar-refractivity contribution in [1.29, 1.82) is 0 Å². The second-order valence-corrected chi connectivity index (χ2v) is 2.34. The number of nitrogens with two attached hydrogens (primary N) is 2. The highest BCUT2D eigenvalue weighted by atomic mass is 16.3. The smallest absolute Gasteiger partial charge is 0.0798 e. The number of rotatable bonds is 4. The molecule has 7 N–H and O–H groups in total.